The zero-order valence-corrected chi connectivity index (χ0v) is 13.0. The third kappa shape index (κ3) is 8.63. The first-order chi connectivity index (χ1) is 8.93. The third-order valence-electron chi connectivity index (χ3n) is 2.27. The van der Waals surface area contributed by atoms with E-state index in [1.54, 1.807) is 6.07 Å². The average molecular weight is 301 g/mol. The van der Waals surface area contributed by atoms with Crippen LogP contribution >= 0.6 is 0 Å². The maximum absolute atomic E-state index is 9.75. The minimum absolute atomic E-state index is 0.0331. The van der Waals surface area contributed by atoms with Crippen LogP contribution in [0.5, 0.6) is 5.75 Å². The van der Waals surface area contributed by atoms with E-state index in [-0.39, 0.29) is 5.41 Å². The van der Waals surface area contributed by atoms with Crippen LogP contribution in [0.4, 0.5) is 6.18 Å². The molecule has 1 N–H and O–H groups in total. The molecule has 2 aromatic carbocycles. The molecule has 2 rings (SSSR count). The summed E-state index contributed by atoms with van der Waals surface area (Å²) in [5.74, 6) is 0.389. The molecule has 0 aliphatic rings. The van der Waals surface area contributed by atoms with Gasteiger partial charge in [-0.05, 0) is 17.0 Å². The largest absolute Gasteiger partial charge is 0.214 e. The van der Waals surface area contributed by atoms with Crippen molar-refractivity contribution in [2.75, 3.05) is 0 Å². The Kier molecular flexibility index (Phi) is 9.27. The number of halogens is 2. The molecule has 0 aliphatic heterocycles. The monoisotopic (exact) mass is 301 g/mol. The van der Waals surface area contributed by atoms with Gasteiger partial charge in [0.15, 0.2) is 0 Å². The van der Waals surface area contributed by atoms with Gasteiger partial charge >= 0.3 is 26.4 Å². The molecule has 0 saturated heterocycles. The molecule has 0 saturated carbocycles. The number of para-hydroxylation sites is 1. The number of rotatable bonds is 0. The molecule has 0 amide bonds. The predicted octanol–water partition coefficient (Wildman–Crippen LogP) is 4.93. The summed E-state index contributed by atoms with van der Waals surface area (Å²) in [5, 5.41) is 9.45. The molecule has 0 heterocycles. The average Bonchev–Trinajstić information content (AvgIpc) is 2.87. The van der Waals surface area contributed by atoms with Crippen molar-refractivity contribution in [3.8, 4) is 5.75 Å². The van der Waals surface area contributed by atoms with Crippen LogP contribution in [-0.4, -0.2) is 5.11 Å². The van der Waals surface area contributed by atoms with E-state index in [1.165, 1.54) is 0 Å². The topological polar surface area (TPSA) is 20.2 Å². The maximum Gasteiger partial charge on any atom is -0.172 e. The van der Waals surface area contributed by atoms with Crippen molar-refractivity contribution >= 4 is 0 Å². The Balaban J connectivity index is 0.000000334. The Bertz CT molecular complexity index is 405. The number of phenolic OH excluding ortho intramolecular Hbond substituents is 1. The number of benzene rings is 1. The van der Waals surface area contributed by atoms with Crippen molar-refractivity contribution in [1.29, 1.82) is 0 Å². The molecule has 0 bridgehead atoms. The summed E-state index contributed by atoms with van der Waals surface area (Å²) in [6, 6.07) is 17.5. The van der Waals surface area contributed by atoms with Gasteiger partial charge < -0.3 is 5.11 Å². The Morgan fingerprint density at radius 3 is 1.74 bits per heavy atom. The van der Waals surface area contributed by atoms with Crippen LogP contribution in [0.1, 0.15) is 26.3 Å². The van der Waals surface area contributed by atoms with Crippen molar-refractivity contribution in [2.45, 2.75) is 26.2 Å². The Labute approximate surface area is 123 Å². The van der Waals surface area contributed by atoms with Crippen molar-refractivity contribution in [1.82, 2.24) is 0 Å². The van der Waals surface area contributed by atoms with Crippen LogP contribution < -0.4 is 0 Å². The van der Waals surface area contributed by atoms with E-state index in [4.69, 9.17) is 0 Å². The van der Waals surface area contributed by atoms with Gasteiger partial charge in [0.1, 0.15) is 5.75 Å². The van der Waals surface area contributed by atoms with E-state index in [0.717, 1.165) is 5.56 Å². The van der Waals surface area contributed by atoms with Crippen molar-refractivity contribution < 1.29 is 31.5 Å². The number of aromatic hydroxyl groups is 1. The quantitative estimate of drug-likeness (QED) is 0.540. The molecule has 0 aliphatic carbocycles. The van der Waals surface area contributed by atoms with Crippen molar-refractivity contribution in [2.24, 2.45) is 0 Å². The molecule has 104 valence electrons. The summed E-state index contributed by atoms with van der Waals surface area (Å²) in [6.07, 6.45) is 0. The first-order valence-corrected chi connectivity index (χ1v) is 7.03. The Morgan fingerprint density at radius 2 is 1.47 bits per heavy atom. The number of hydrogen-bond acceptors (Lipinski definition) is 1. The molecule has 0 spiro atoms. The fourth-order valence-electron chi connectivity index (χ4n) is 1.43. The molecule has 0 atom stereocenters. The van der Waals surface area contributed by atoms with Gasteiger partial charge in [-0.15, -0.1) is 0 Å². The van der Waals surface area contributed by atoms with Gasteiger partial charge in [0.2, 0.25) is 0 Å². The van der Waals surface area contributed by atoms with E-state index in [0.29, 0.717) is 5.75 Å². The minimum Gasteiger partial charge on any atom is -0.214 e. The van der Waals surface area contributed by atoms with E-state index in [2.05, 4.69) is 20.8 Å². The Hall–Kier alpha value is -1.06. The van der Waals surface area contributed by atoms with Gasteiger partial charge in [0.25, 0.3) is 0 Å². The molecule has 2 aromatic rings. The van der Waals surface area contributed by atoms with E-state index in [9.17, 15) is 11.3 Å². The molecule has 4 heteroatoms. The zero-order chi connectivity index (χ0) is 14.7. The van der Waals surface area contributed by atoms with Crippen LogP contribution in [0.3, 0.4) is 0 Å². The fraction of sp³-hybridized carbons (Fsp3) is 0.267. The second kappa shape index (κ2) is 9.82. The normalized spacial score (nSPS) is 9.53. The smallest absolute Gasteiger partial charge is 0.172 e. The fourth-order valence-corrected chi connectivity index (χ4v) is 1.43. The first-order valence-electron chi connectivity index (χ1n) is 5.85. The third-order valence-corrected chi connectivity index (χ3v) is 2.27. The second-order valence-electron chi connectivity index (χ2n) is 4.80. The second-order valence-corrected chi connectivity index (χ2v) is 5.02. The SMILES string of the molecule is CC(C)(C)c1ccccc1O.[F][Ti][F].c1cc[cH-]c1. The standard InChI is InChI=1S/C10H14O.C5H5.2FH.Ti/c1-10(2,3)8-6-4-5-7-9(8)11;1-2-4-5-3-1;;;/h4-7,11H,1-3H3;1-5H;2*1H;/q;-1;;;+2/p-2. The zero-order valence-electron chi connectivity index (χ0n) is 11.4. The first kappa shape index (κ1) is 17.9. The number of hydrogen-bond donors (Lipinski definition) is 1. The van der Waals surface area contributed by atoms with Crippen LogP contribution in [0.15, 0.2) is 54.6 Å². The van der Waals surface area contributed by atoms with Gasteiger partial charge in [-0.2, -0.15) is 18.2 Å². The molecule has 19 heavy (non-hydrogen) atoms. The summed E-state index contributed by atoms with van der Waals surface area (Å²) in [4.78, 5) is 0. The molecule has 0 unspecified atom stereocenters. The summed E-state index contributed by atoms with van der Waals surface area (Å²) in [5.41, 5.74) is 1.03. The molecular weight excluding hydrogens is 282 g/mol. The molecule has 0 aromatic heterocycles. The summed E-state index contributed by atoms with van der Waals surface area (Å²) in [6.45, 7) is 6.26. The summed E-state index contributed by atoms with van der Waals surface area (Å²) < 4.78 is 19.5. The molecular formula is C15H19F2OTi-. The van der Waals surface area contributed by atoms with Crippen molar-refractivity contribution in [3.05, 3.63) is 60.2 Å². The van der Waals surface area contributed by atoms with Crippen LogP contribution in [0.25, 0.3) is 0 Å². The minimum atomic E-state index is -2.50. The van der Waals surface area contributed by atoms with Crippen molar-refractivity contribution in [3.63, 3.8) is 0 Å². The predicted molar refractivity (Wildman–Crippen MR) is 71.1 cm³/mol. The van der Waals surface area contributed by atoms with Gasteiger partial charge in [-0.25, -0.2) is 12.1 Å². The molecule has 1 nitrogen and oxygen atoms in total. The number of phenols is 1. The van der Waals surface area contributed by atoms with Gasteiger partial charge in [0.05, 0.1) is 0 Å². The van der Waals surface area contributed by atoms with E-state index < -0.39 is 20.2 Å². The van der Waals surface area contributed by atoms with Gasteiger partial charge in [-0.3, -0.25) is 0 Å². The van der Waals surface area contributed by atoms with Gasteiger partial charge in [0, 0.05) is 0 Å². The van der Waals surface area contributed by atoms with E-state index >= 15 is 0 Å². The van der Waals surface area contributed by atoms with Crippen LogP contribution in [-0.2, 0) is 25.6 Å². The molecule has 0 radical (unpaired) electrons. The van der Waals surface area contributed by atoms with Crippen LogP contribution in [0.2, 0.25) is 0 Å². The van der Waals surface area contributed by atoms with Crippen LogP contribution in [0, 0.1) is 0 Å². The molecule has 0 fully saturated rings. The summed E-state index contributed by atoms with van der Waals surface area (Å²) >= 11 is -2.50. The maximum atomic E-state index is 9.75. The van der Waals surface area contributed by atoms with E-state index in [1.807, 2.05) is 48.5 Å². The summed E-state index contributed by atoms with van der Waals surface area (Å²) in [7, 11) is 0. The Morgan fingerprint density at radius 1 is 1.00 bits per heavy atom. The van der Waals surface area contributed by atoms with Gasteiger partial charge in [-0.1, -0.05) is 39.0 Å².